The molecule has 1 fully saturated rings. The first-order valence-corrected chi connectivity index (χ1v) is 9.68. The number of piperazine rings is 1. The van der Waals surface area contributed by atoms with Gasteiger partial charge in [-0.05, 0) is 18.6 Å². The molecule has 0 aliphatic carbocycles. The fourth-order valence-electron chi connectivity index (χ4n) is 2.81. The molecule has 0 aromatic heterocycles. The molecule has 1 heterocycles. The molecule has 1 amide bonds. The van der Waals surface area contributed by atoms with Crippen molar-refractivity contribution in [1.29, 1.82) is 0 Å². The Bertz CT molecular complexity index is 645. The number of amides is 1. The Hall–Kier alpha value is -1.13. The van der Waals surface area contributed by atoms with Crippen molar-refractivity contribution in [3.05, 3.63) is 34.6 Å². The van der Waals surface area contributed by atoms with Crippen molar-refractivity contribution in [2.75, 3.05) is 53.4 Å². The molecule has 1 N–H and O–H groups in total. The Morgan fingerprint density at radius 2 is 1.96 bits per heavy atom. The number of guanidine groups is 1. The molecular formula is C19H30ClFIN5O. The molecule has 9 heteroatoms. The number of likely N-dealkylation sites (N-methyl/N-ethyl adjacent to an activating group) is 1. The highest BCUT2D eigenvalue weighted by Crippen LogP contribution is 2.21. The van der Waals surface area contributed by atoms with Gasteiger partial charge in [0.05, 0.1) is 0 Å². The summed E-state index contributed by atoms with van der Waals surface area (Å²) in [4.78, 5) is 22.2. The largest absolute Gasteiger partial charge is 0.356 e. The third-order valence-electron chi connectivity index (χ3n) is 4.51. The van der Waals surface area contributed by atoms with Gasteiger partial charge in [-0.15, -0.1) is 24.0 Å². The summed E-state index contributed by atoms with van der Waals surface area (Å²) in [6.07, 6.45) is 0.979. The van der Waals surface area contributed by atoms with E-state index >= 15 is 0 Å². The first kappa shape index (κ1) is 24.9. The summed E-state index contributed by atoms with van der Waals surface area (Å²) in [5.74, 6) is 0.466. The average molecular weight is 526 g/mol. The number of nitrogens with one attached hydrogen (secondary N) is 1. The van der Waals surface area contributed by atoms with E-state index in [1.54, 1.807) is 26.2 Å². The van der Waals surface area contributed by atoms with Crippen LogP contribution in [0.15, 0.2) is 23.2 Å². The highest BCUT2D eigenvalue weighted by atomic mass is 127. The van der Waals surface area contributed by atoms with Crippen LogP contribution in [-0.2, 0) is 11.3 Å². The van der Waals surface area contributed by atoms with Gasteiger partial charge in [-0.2, -0.15) is 0 Å². The second kappa shape index (κ2) is 12.4. The number of aliphatic imine (C=N–C) groups is 1. The molecule has 0 unspecified atom stereocenters. The predicted molar refractivity (Wildman–Crippen MR) is 123 cm³/mol. The molecule has 0 bridgehead atoms. The van der Waals surface area contributed by atoms with Gasteiger partial charge in [0.1, 0.15) is 12.4 Å². The second-order valence-corrected chi connectivity index (χ2v) is 7.23. The summed E-state index contributed by atoms with van der Waals surface area (Å²) in [6.45, 7) is 6.59. The zero-order valence-corrected chi connectivity index (χ0v) is 19.8. The van der Waals surface area contributed by atoms with Crippen LogP contribution in [0.2, 0.25) is 5.02 Å². The van der Waals surface area contributed by atoms with Crippen molar-refractivity contribution in [3.8, 4) is 0 Å². The van der Waals surface area contributed by atoms with E-state index in [0.29, 0.717) is 17.1 Å². The van der Waals surface area contributed by atoms with Gasteiger partial charge >= 0.3 is 0 Å². The third-order valence-corrected chi connectivity index (χ3v) is 4.87. The maximum absolute atomic E-state index is 14.0. The van der Waals surface area contributed by atoms with E-state index in [-0.39, 0.29) is 42.2 Å². The van der Waals surface area contributed by atoms with Gasteiger partial charge in [-0.1, -0.05) is 24.6 Å². The van der Waals surface area contributed by atoms with E-state index in [4.69, 9.17) is 11.6 Å². The van der Waals surface area contributed by atoms with Crippen LogP contribution in [0.4, 0.5) is 4.39 Å². The zero-order chi connectivity index (χ0) is 19.8. The quantitative estimate of drug-likeness (QED) is 0.353. The van der Waals surface area contributed by atoms with Gasteiger partial charge in [0.15, 0.2) is 5.96 Å². The molecule has 1 aliphatic rings. The Morgan fingerprint density at radius 3 is 2.54 bits per heavy atom. The van der Waals surface area contributed by atoms with Crippen molar-refractivity contribution < 1.29 is 9.18 Å². The van der Waals surface area contributed by atoms with Gasteiger partial charge in [-0.25, -0.2) is 9.38 Å². The first-order chi connectivity index (χ1) is 12.9. The van der Waals surface area contributed by atoms with E-state index in [1.807, 2.05) is 0 Å². The number of carbonyl (C=O) groups excluding carboxylic acids is 1. The fourth-order valence-corrected chi connectivity index (χ4v) is 3.04. The Morgan fingerprint density at radius 1 is 1.29 bits per heavy atom. The lowest BCUT2D eigenvalue weighted by Gasteiger charge is -2.36. The van der Waals surface area contributed by atoms with Gasteiger partial charge in [0.25, 0.3) is 0 Å². The summed E-state index contributed by atoms with van der Waals surface area (Å²) in [5.41, 5.74) is 0.544. The molecule has 1 aromatic rings. The molecule has 1 saturated heterocycles. The number of halogens is 3. The Kier molecular flexibility index (Phi) is 11.1. The molecule has 2 rings (SSSR count). The maximum Gasteiger partial charge on any atom is 0.243 e. The molecule has 0 radical (unpaired) electrons. The number of nitrogens with zero attached hydrogens (tertiary/aromatic N) is 4. The predicted octanol–water partition coefficient (Wildman–Crippen LogP) is 2.66. The van der Waals surface area contributed by atoms with Crippen LogP contribution in [0.5, 0.6) is 0 Å². The summed E-state index contributed by atoms with van der Waals surface area (Å²) >= 11 is 6.14. The van der Waals surface area contributed by atoms with E-state index in [0.717, 1.165) is 45.1 Å². The lowest BCUT2D eigenvalue weighted by Crippen LogP contribution is -2.52. The molecule has 0 atom stereocenters. The Balaban J connectivity index is 0.00000392. The van der Waals surface area contributed by atoms with Crippen LogP contribution in [0.1, 0.15) is 18.9 Å². The van der Waals surface area contributed by atoms with Crippen LogP contribution < -0.4 is 5.32 Å². The van der Waals surface area contributed by atoms with Crippen LogP contribution in [0.3, 0.4) is 0 Å². The summed E-state index contributed by atoms with van der Waals surface area (Å²) in [7, 11) is 3.45. The minimum Gasteiger partial charge on any atom is -0.356 e. The van der Waals surface area contributed by atoms with Crippen LogP contribution in [0, 0.1) is 5.82 Å². The minimum absolute atomic E-state index is 0. The zero-order valence-electron chi connectivity index (χ0n) is 16.8. The van der Waals surface area contributed by atoms with Crippen molar-refractivity contribution in [2.45, 2.75) is 19.9 Å². The smallest absolute Gasteiger partial charge is 0.243 e. The highest BCUT2D eigenvalue weighted by molar-refractivity contribution is 14.0. The van der Waals surface area contributed by atoms with Crippen molar-refractivity contribution >= 4 is 47.4 Å². The van der Waals surface area contributed by atoms with Crippen LogP contribution >= 0.6 is 35.6 Å². The van der Waals surface area contributed by atoms with Gasteiger partial charge in [-0.3, -0.25) is 9.69 Å². The molecule has 0 spiro atoms. The molecule has 28 heavy (non-hydrogen) atoms. The van der Waals surface area contributed by atoms with Gasteiger partial charge < -0.3 is 15.1 Å². The summed E-state index contributed by atoms with van der Waals surface area (Å²) in [5, 5.41) is 3.79. The number of hydrogen-bond acceptors (Lipinski definition) is 3. The normalized spacial score (nSPS) is 15.2. The SMILES string of the molecule is CCCNC(=NCC(=O)N(C)C)N1CCN(Cc2c(F)cccc2Cl)CC1.I. The van der Waals surface area contributed by atoms with Crippen LogP contribution in [-0.4, -0.2) is 79.9 Å². The lowest BCUT2D eigenvalue weighted by molar-refractivity contribution is -0.127. The number of benzene rings is 1. The van der Waals surface area contributed by atoms with E-state index in [9.17, 15) is 9.18 Å². The molecule has 0 saturated carbocycles. The summed E-state index contributed by atoms with van der Waals surface area (Å²) in [6, 6.07) is 4.78. The van der Waals surface area contributed by atoms with Gasteiger partial charge in [0, 0.05) is 63.9 Å². The average Bonchev–Trinajstić information content (AvgIpc) is 2.65. The number of rotatable bonds is 6. The maximum atomic E-state index is 14.0. The first-order valence-electron chi connectivity index (χ1n) is 9.31. The van der Waals surface area contributed by atoms with Crippen molar-refractivity contribution in [3.63, 3.8) is 0 Å². The van der Waals surface area contributed by atoms with E-state index < -0.39 is 0 Å². The standard InChI is InChI=1S/C19H29ClFN5O.HI/c1-4-8-22-19(23-13-18(27)24(2)3)26-11-9-25(10-12-26)14-15-16(20)6-5-7-17(15)21;/h5-7H,4,8-14H2,1-3H3,(H,22,23);1H. The minimum atomic E-state index is -0.265. The molecule has 1 aromatic carbocycles. The van der Waals surface area contributed by atoms with E-state index in [2.05, 4.69) is 27.0 Å². The highest BCUT2D eigenvalue weighted by Gasteiger charge is 2.21. The summed E-state index contributed by atoms with van der Waals surface area (Å²) < 4.78 is 14.0. The van der Waals surface area contributed by atoms with Crippen molar-refractivity contribution in [2.24, 2.45) is 4.99 Å². The number of hydrogen-bond donors (Lipinski definition) is 1. The van der Waals surface area contributed by atoms with Crippen molar-refractivity contribution in [1.82, 2.24) is 20.0 Å². The molecule has 6 nitrogen and oxygen atoms in total. The lowest BCUT2D eigenvalue weighted by atomic mass is 10.2. The molecule has 1 aliphatic heterocycles. The monoisotopic (exact) mass is 525 g/mol. The second-order valence-electron chi connectivity index (χ2n) is 6.82. The van der Waals surface area contributed by atoms with Crippen LogP contribution in [0.25, 0.3) is 0 Å². The van der Waals surface area contributed by atoms with E-state index in [1.165, 1.54) is 11.0 Å². The number of carbonyl (C=O) groups is 1. The topological polar surface area (TPSA) is 51.2 Å². The molecular weight excluding hydrogens is 496 g/mol. The Labute approximate surface area is 189 Å². The molecule has 158 valence electrons. The fraction of sp³-hybridized carbons (Fsp3) is 0.579. The third kappa shape index (κ3) is 7.36. The van der Waals surface area contributed by atoms with Gasteiger partial charge in [0.2, 0.25) is 5.91 Å².